The highest BCUT2D eigenvalue weighted by Crippen LogP contribution is 2.41. The molecule has 3 rings (SSSR count). The van der Waals surface area contributed by atoms with Crippen LogP contribution in [0.5, 0.6) is 0 Å². The fourth-order valence-electron chi connectivity index (χ4n) is 3.41. The molecule has 8 heteroatoms. The number of nitrogens with two attached hydrogens (primary N) is 1. The summed E-state index contributed by atoms with van der Waals surface area (Å²) in [4.78, 5) is 17.2. The van der Waals surface area contributed by atoms with Crippen molar-refractivity contribution in [3.63, 3.8) is 0 Å². The monoisotopic (exact) mass is 432 g/mol. The molecular formula is C23H20N4O3S. The number of benzene rings is 1. The molecule has 0 saturated carbocycles. The van der Waals surface area contributed by atoms with Crippen molar-refractivity contribution in [3.05, 3.63) is 81.6 Å². The highest BCUT2D eigenvalue weighted by Gasteiger charge is 2.37. The van der Waals surface area contributed by atoms with Crippen LogP contribution in [0.4, 0.5) is 0 Å². The lowest BCUT2D eigenvalue weighted by atomic mass is 9.83. The number of carbonyl (C=O) groups excluding carboxylic acids is 1. The first-order valence-corrected chi connectivity index (χ1v) is 10.3. The van der Waals surface area contributed by atoms with Gasteiger partial charge in [-0.15, -0.1) is 0 Å². The molecule has 0 bridgehead atoms. The maximum absolute atomic E-state index is 12.8. The van der Waals surface area contributed by atoms with Gasteiger partial charge in [0.2, 0.25) is 5.88 Å². The first kappa shape index (κ1) is 21.9. The summed E-state index contributed by atoms with van der Waals surface area (Å²) < 4.78 is 10.7. The van der Waals surface area contributed by atoms with Crippen LogP contribution in [0, 0.1) is 36.5 Å². The van der Waals surface area contributed by atoms with Gasteiger partial charge in [0.15, 0.2) is 0 Å². The van der Waals surface area contributed by atoms with Gasteiger partial charge in [0.25, 0.3) is 0 Å². The number of hydrogen-bond acceptors (Lipinski definition) is 8. The van der Waals surface area contributed by atoms with Crippen molar-refractivity contribution in [1.29, 1.82) is 10.5 Å². The first-order valence-electron chi connectivity index (χ1n) is 9.36. The number of carbonyl (C=O) groups is 1. The second-order valence-corrected chi connectivity index (χ2v) is 7.79. The van der Waals surface area contributed by atoms with Crippen molar-refractivity contribution >= 4 is 17.7 Å². The molecule has 156 valence electrons. The molecule has 2 N–H and O–H groups in total. The number of ether oxygens (including phenoxy) is 2. The van der Waals surface area contributed by atoms with Crippen LogP contribution in [0.1, 0.15) is 28.3 Å². The molecule has 2 heterocycles. The number of allylic oxidation sites excluding steroid dienone is 1. The maximum Gasteiger partial charge on any atom is 0.338 e. The Morgan fingerprint density at radius 2 is 1.97 bits per heavy atom. The van der Waals surface area contributed by atoms with Gasteiger partial charge < -0.3 is 15.2 Å². The summed E-state index contributed by atoms with van der Waals surface area (Å²) in [7, 11) is 1.27. The molecule has 0 saturated heterocycles. The van der Waals surface area contributed by atoms with Crippen LogP contribution in [-0.4, -0.2) is 23.8 Å². The second kappa shape index (κ2) is 9.38. The number of rotatable bonds is 5. The molecule has 31 heavy (non-hydrogen) atoms. The Morgan fingerprint density at radius 3 is 2.58 bits per heavy atom. The molecule has 0 amide bonds. The number of aryl methyl sites for hydroxylation is 2. The predicted octanol–water partition coefficient (Wildman–Crippen LogP) is 3.60. The molecule has 1 aliphatic rings. The average molecular weight is 433 g/mol. The summed E-state index contributed by atoms with van der Waals surface area (Å²) in [5.74, 6) is -0.942. The van der Waals surface area contributed by atoms with Crippen LogP contribution in [0.3, 0.4) is 0 Å². The molecular weight excluding hydrogens is 412 g/mol. The third-order valence-electron chi connectivity index (χ3n) is 4.80. The van der Waals surface area contributed by atoms with E-state index in [1.54, 1.807) is 0 Å². The molecule has 1 aromatic carbocycles. The largest absolute Gasteiger partial charge is 0.466 e. The van der Waals surface area contributed by atoms with Crippen molar-refractivity contribution in [2.45, 2.75) is 24.8 Å². The van der Waals surface area contributed by atoms with Crippen LogP contribution in [0.2, 0.25) is 0 Å². The van der Waals surface area contributed by atoms with E-state index in [4.69, 9.17) is 15.2 Å². The summed E-state index contributed by atoms with van der Waals surface area (Å²) in [5, 5.41) is 19.7. The lowest BCUT2D eigenvalue weighted by Crippen LogP contribution is -2.26. The molecule has 2 aromatic rings. The standard InChI is InChI=1S/C23H20N4O3S/c1-13-9-14(2)27-22(16(13)10-24)31-12-18-20(23(28)29-3)19(15-7-5-4-6-8-15)17(11-25)21(26)30-18/h4-9,19H,12,26H2,1-3H3/t19-/m0/s1. The topological polar surface area (TPSA) is 122 Å². The quantitative estimate of drug-likeness (QED) is 0.562. The molecule has 1 atom stereocenters. The highest BCUT2D eigenvalue weighted by atomic mass is 32.2. The Bertz CT molecular complexity index is 1170. The molecule has 7 nitrogen and oxygen atoms in total. The molecule has 1 aromatic heterocycles. The third kappa shape index (κ3) is 4.40. The second-order valence-electron chi connectivity index (χ2n) is 6.83. The van der Waals surface area contributed by atoms with Crippen molar-refractivity contribution in [2.75, 3.05) is 12.9 Å². The number of methoxy groups -OCH3 is 1. The molecule has 0 radical (unpaired) electrons. The van der Waals surface area contributed by atoms with Crippen LogP contribution in [-0.2, 0) is 14.3 Å². The normalized spacial score (nSPS) is 15.7. The van der Waals surface area contributed by atoms with Crippen LogP contribution < -0.4 is 5.73 Å². The Morgan fingerprint density at radius 1 is 1.26 bits per heavy atom. The zero-order valence-corrected chi connectivity index (χ0v) is 18.1. The van der Waals surface area contributed by atoms with Crippen LogP contribution in [0.15, 0.2) is 64.2 Å². The van der Waals surface area contributed by atoms with Crippen molar-refractivity contribution < 1.29 is 14.3 Å². The summed E-state index contributed by atoms with van der Waals surface area (Å²) >= 11 is 1.26. The number of pyridine rings is 1. The number of nitriles is 2. The van der Waals surface area contributed by atoms with Gasteiger partial charge >= 0.3 is 5.97 Å². The zero-order valence-electron chi connectivity index (χ0n) is 17.3. The fourth-order valence-corrected chi connectivity index (χ4v) is 4.46. The summed E-state index contributed by atoms with van der Waals surface area (Å²) in [6.07, 6.45) is 0. The predicted molar refractivity (Wildman–Crippen MR) is 115 cm³/mol. The Kier molecular flexibility index (Phi) is 6.64. The van der Waals surface area contributed by atoms with Gasteiger partial charge in [-0.1, -0.05) is 42.1 Å². The molecule has 0 fully saturated rings. The van der Waals surface area contributed by atoms with E-state index in [0.717, 1.165) is 16.8 Å². The van der Waals surface area contributed by atoms with E-state index in [9.17, 15) is 15.3 Å². The van der Waals surface area contributed by atoms with Gasteiger partial charge in [0.1, 0.15) is 28.5 Å². The lowest BCUT2D eigenvalue weighted by molar-refractivity contribution is -0.136. The van der Waals surface area contributed by atoms with Gasteiger partial charge in [0.05, 0.1) is 29.9 Å². The van der Waals surface area contributed by atoms with E-state index in [-0.39, 0.29) is 28.5 Å². The summed E-state index contributed by atoms with van der Waals surface area (Å²) in [6, 6.07) is 15.2. The zero-order chi connectivity index (χ0) is 22.5. The molecule has 0 aliphatic carbocycles. The van der Waals surface area contributed by atoms with Crippen LogP contribution in [0.25, 0.3) is 0 Å². The fraction of sp³-hybridized carbons (Fsp3) is 0.217. The number of aromatic nitrogens is 1. The van der Waals surface area contributed by atoms with Crippen LogP contribution >= 0.6 is 11.8 Å². The van der Waals surface area contributed by atoms with E-state index < -0.39 is 11.9 Å². The summed E-state index contributed by atoms with van der Waals surface area (Å²) in [6.45, 7) is 3.69. The SMILES string of the molecule is COC(=O)C1=C(CSc2nc(C)cc(C)c2C#N)OC(N)=C(C#N)[C@@H]1c1ccccc1. The van der Waals surface area contributed by atoms with Gasteiger partial charge in [-0.25, -0.2) is 9.78 Å². The van der Waals surface area contributed by atoms with E-state index in [0.29, 0.717) is 10.6 Å². The smallest absolute Gasteiger partial charge is 0.338 e. The van der Waals surface area contributed by atoms with Crippen molar-refractivity contribution in [1.82, 2.24) is 4.98 Å². The van der Waals surface area contributed by atoms with E-state index in [2.05, 4.69) is 17.1 Å². The van der Waals surface area contributed by atoms with E-state index >= 15 is 0 Å². The van der Waals surface area contributed by atoms with Crippen molar-refractivity contribution in [3.8, 4) is 12.1 Å². The first-order chi connectivity index (χ1) is 14.9. The maximum atomic E-state index is 12.8. The third-order valence-corrected chi connectivity index (χ3v) is 5.77. The highest BCUT2D eigenvalue weighted by molar-refractivity contribution is 7.99. The molecule has 1 aliphatic heterocycles. The minimum Gasteiger partial charge on any atom is -0.466 e. The van der Waals surface area contributed by atoms with E-state index in [1.807, 2.05) is 50.2 Å². The van der Waals surface area contributed by atoms with Gasteiger partial charge in [-0.3, -0.25) is 0 Å². The Labute approximate surface area is 184 Å². The average Bonchev–Trinajstić information content (AvgIpc) is 2.76. The van der Waals surface area contributed by atoms with Crippen molar-refractivity contribution in [2.24, 2.45) is 5.73 Å². The number of thioether (sulfide) groups is 1. The van der Waals surface area contributed by atoms with Gasteiger partial charge in [0, 0.05) is 5.69 Å². The minimum absolute atomic E-state index is 0.0616. The number of esters is 1. The molecule has 0 unspecified atom stereocenters. The summed E-state index contributed by atoms with van der Waals surface area (Å²) in [5.41, 5.74) is 9.18. The Balaban J connectivity index is 2.09. The number of nitrogens with zero attached hydrogens (tertiary/aromatic N) is 3. The Hall–Kier alpha value is -3.75. The lowest BCUT2D eigenvalue weighted by Gasteiger charge is -2.27. The molecule has 0 spiro atoms. The van der Waals surface area contributed by atoms with E-state index in [1.165, 1.54) is 18.9 Å². The van der Waals surface area contributed by atoms with Gasteiger partial charge in [-0.05, 0) is 31.0 Å². The van der Waals surface area contributed by atoms with Gasteiger partial charge in [-0.2, -0.15) is 10.5 Å². The minimum atomic E-state index is -0.717. The number of hydrogen-bond donors (Lipinski definition) is 1.